The van der Waals surface area contributed by atoms with Crippen LogP contribution in [0.2, 0.25) is 0 Å². The maximum absolute atomic E-state index is 2.47. The van der Waals surface area contributed by atoms with Crippen LogP contribution in [0.3, 0.4) is 0 Å². The van der Waals surface area contributed by atoms with Crippen LogP contribution in [-0.2, 0) is 6.42 Å². The molecule has 0 nitrogen and oxygen atoms in total. The number of hydrogen-bond donors (Lipinski definition) is 0. The van der Waals surface area contributed by atoms with E-state index >= 15 is 0 Å². The number of hydrogen-bond acceptors (Lipinski definition) is 0. The van der Waals surface area contributed by atoms with Gasteiger partial charge in [-0.05, 0) is 73.3 Å². The Kier molecular flexibility index (Phi) is 10.8. The van der Waals surface area contributed by atoms with Gasteiger partial charge in [0.2, 0.25) is 0 Å². The molecular weight excluding hydrogens is 360 g/mol. The Morgan fingerprint density at radius 1 is 0.567 bits per heavy atom. The third kappa shape index (κ3) is 8.05. The van der Waals surface area contributed by atoms with E-state index in [1.54, 1.807) is 11.1 Å². The maximum atomic E-state index is 2.47. The average molecular weight is 411 g/mol. The number of unbranched alkanes of at least 4 members (excludes halogenated alkanes) is 4. The van der Waals surface area contributed by atoms with E-state index in [9.17, 15) is 0 Å². The highest BCUT2D eigenvalue weighted by Crippen LogP contribution is 2.38. The van der Waals surface area contributed by atoms with Gasteiger partial charge in [-0.3, -0.25) is 0 Å². The molecule has 0 aliphatic heterocycles. The molecule has 0 radical (unpaired) electrons. The predicted octanol–water partition coefficient (Wildman–Crippen LogP) is 9.86. The standard InChI is InChI=1S/C30H50/c1-3-5-7-9-25-11-13-27(14-12-25)15-16-28-19-23-30(24-20-28)29-21-17-26(18-22-29)10-8-6-4-2/h19-20,23-27,29H,3-18,21-22H2,1-2H3/t25-,26-,27-,29-. The molecule has 1 aromatic carbocycles. The summed E-state index contributed by atoms with van der Waals surface area (Å²) < 4.78 is 0. The van der Waals surface area contributed by atoms with E-state index in [0.717, 1.165) is 23.7 Å². The van der Waals surface area contributed by atoms with Crippen LogP contribution in [0, 0.1) is 17.8 Å². The van der Waals surface area contributed by atoms with Gasteiger partial charge < -0.3 is 0 Å². The zero-order valence-corrected chi connectivity index (χ0v) is 20.3. The summed E-state index contributed by atoms with van der Waals surface area (Å²) in [4.78, 5) is 0. The van der Waals surface area contributed by atoms with Crippen LogP contribution in [0.15, 0.2) is 24.3 Å². The highest BCUT2D eigenvalue weighted by molar-refractivity contribution is 5.26. The molecule has 0 saturated heterocycles. The molecule has 3 rings (SSSR count). The fourth-order valence-corrected chi connectivity index (χ4v) is 6.29. The van der Waals surface area contributed by atoms with Gasteiger partial charge in [0.15, 0.2) is 0 Å². The van der Waals surface area contributed by atoms with Gasteiger partial charge in [-0.2, -0.15) is 0 Å². The lowest BCUT2D eigenvalue weighted by atomic mass is 9.76. The second kappa shape index (κ2) is 13.6. The lowest BCUT2D eigenvalue weighted by molar-refractivity contribution is 0.249. The van der Waals surface area contributed by atoms with Gasteiger partial charge in [0, 0.05) is 0 Å². The van der Waals surface area contributed by atoms with E-state index in [1.165, 1.54) is 116 Å². The van der Waals surface area contributed by atoms with E-state index in [2.05, 4.69) is 38.1 Å². The largest absolute Gasteiger partial charge is 0.0654 e. The molecule has 0 atom stereocenters. The van der Waals surface area contributed by atoms with E-state index < -0.39 is 0 Å². The summed E-state index contributed by atoms with van der Waals surface area (Å²) in [7, 11) is 0. The van der Waals surface area contributed by atoms with Gasteiger partial charge in [-0.25, -0.2) is 0 Å². The molecule has 0 unspecified atom stereocenters. The fourth-order valence-electron chi connectivity index (χ4n) is 6.29. The summed E-state index contributed by atoms with van der Waals surface area (Å²) in [5.41, 5.74) is 3.20. The first-order valence-corrected chi connectivity index (χ1v) is 13.9. The molecule has 0 aromatic heterocycles. The summed E-state index contributed by atoms with van der Waals surface area (Å²) in [6.45, 7) is 4.64. The van der Waals surface area contributed by atoms with E-state index in [4.69, 9.17) is 0 Å². The Hall–Kier alpha value is -0.780. The lowest BCUT2D eigenvalue weighted by Crippen LogP contribution is -2.15. The molecule has 0 N–H and O–H groups in total. The Balaban J connectivity index is 1.33. The normalized spacial score (nSPS) is 27.3. The Bertz CT molecular complexity index is 540. The molecule has 0 amide bonds. The van der Waals surface area contributed by atoms with Crippen molar-refractivity contribution in [2.75, 3.05) is 0 Å². The topological polar surface area (TPSA) is 0 Å². The number of aryl methyl sites for hydroxylation is 1. The molecule has 0 spiro atoms. The second-order valence-electron chi connectivity index (χ2n) is 10.9. The minimum Gasteiger partial charge on any atom is -0.0654 e. The third-order valence-corrected chi connectivity index (χ3v) is 8.54. The minimum absolute atomic E-state index is 0.837. The molecule has 1 aromatic rings. The van der Waals surface area contributed by atoms with Crippen molar-refractivity contribution < 1.29 is 0 Å². The van der Waals surface area contributed by atoms with Crippen LogP contribution in [0.1, 0.15) is 140 Å². The molecule has 2 aliphatic carbocycles. The van der Waals surface area contributed by atoms with Gasteiger partial charge in [0.1, 0.15) is 0 Å². The second-order valence-corrected chi connectivity index (χ2v) is 10.9. The highest BCUT2D eigenvalue weighted by atomic mass is 14.3. The van der Waals surface area contributed by atoms with E-state index in [1.807, 2.05) is 0 Å². The molecule has 2 saturated carbocycles. The van der Waals surface area contributed by atoms with Crippen molar-refractivity contribution in [2.24, 2.45) is 17.8 Å². The SMILES string of the molecule is CCCCC[C@H]1CC[C@H](CCc2ccc([C@H]3CC[C@H](CCCCC)CC3)cc2)CC1. The summed E-state index contributed by atoms with van der Waals surface area (Å²) in [5, 5.41) is 0. The Labute approximate surface area is 188 Å². The van der Waals surface area contributed by atoms with E-state index in [0.29, 0.717) is 0 Å². The predicted molar refractivity (Wildman–Crippen MR) is 133 cm³/mol. The average Bonchev–Trinajstić information content (AvgIpc) is 2.80. The lowest BCUT2D eigenvalue weighted by Gasteiger charge is -2.29. The van der Waals surface area contributed by atoms with Crippen molar-refractivity contribution in [3.8, 4) is 0 Å². The molecule has 170 valence electrons. The maximum Gasteiger partial charge on any atom is -0.0162 e. The van der Waals surface area contributed by atoms with Gasteiger partial charge >= 0.3 is 0 Å². The third-order valence-electron chi connectivity index (χ3n) is 8.54. The molecule has 0 heterocycles. The first-order valence-electron chi connectivity index (χ1n) is 13.9. The van der Waals surface area contributed by atoms with Crippen LogP contribution < -0.4 is 0 Å². The van der Waals surface area contributed by atoms with Gasteiger partial charge in [0.05, 0.1) is 0 Å². The van der Waals surface area contributed by atoms with Crippen molar-refractivity contribution >= 4 is 0 Å². The van der Waals surface area contributed by atoms with Crippen LogP contribution in [0.5, 0.6) is 0 Å². The molecular formula is C30H50. The van der Waals surface area contributed by atoms with Crippen LogP contribution in [-0.4, -0.2) is 0 Å². The van der Waals surface area contributed by atoms with Crippen molar-refractivity contribution in [2.45, 2.75) is 135 Å². The van der Waals surface area contributed by atoms with E-state index in [-0.39, 0.29) is 0 Å². The van der Waals surface area contributed by atoms with Crippen LogP contribution >= 0.6 is 0 Å². The first-order chi connectivity index (χ1) is 14.8. The summed E-state index contributed by atoms with van der Waals surface area (Å²) >= 11 is 0. The number of rotatable bonds is 12. The Morgan fingerprint density at radius 3 is 1.53 bits per heavy atom. The summed E-state index contributed by atoms with van der Waals surface area (Å²) in [6, 6.07) is 9.86. The molecule has 0 bridgehead atoms. The highest BCUT2D eigenvalue weighted by Gasteiger charge is 2.23. The zero-order valence-electron chi connectivity index (χ0n) is 20.3. The number of benzene rings is 1. The molecule has 2 aliphatic rings. The molecule has 30 heavy (non-hydrogen) atoms. The quantitative estimate of drug-likeness (QED) is 0.301. The van der Waals surface area contributed by atoms with Crippen molar-refractivity contribution in [1.82, 2.24) is 0 Å². The van der Waals surface area contributed by atoms with Gasteiger partial charge in [-0.1, -0.05) is 115 Å². The fraction of sp³-hybridized carbons (Fsp3) is 0.800. The minimum atomic E-state index is 0.837. The smallest absolute Gasteiger partial charge is 0.0162 e. The van der Waals surface area contributed by atoms with Gasteiger partial charge in [0.25, 0.3) is 0 Å². The monoisotopic (exact) mass is 410 g/mol. The molecule has 2 fully saturated rings. The van der Waals surface area contributed by atoms with Crippen LogP contribution in [0.4, 0.5) is 0 Å². The van der Waals surface area contributed by atoms with Crippen molar-refractivity contribution in [1.29, 1.82) is 0 Å². The zero-order chi connectivity index (χ0) is 21.0. The summed E-state index contributed by atoms with van der Waals surface area (Å²) in [5.74, 6) is 3.90. The first kappa shape index (κ1) is 23.9. The van der Waals surface area contributed by atoms with Gasteiger partial charge in [-0.15, -0.1) is 0 Å². The van der Waals surface area contributed by atoms with Crippen LogP contribution in [0.25, 0.3) is 0 Å². The van der Waals surface area contributed by atoms with Crippen molar-refractivity contribution in [3.63, 3.8) is 0 Å². The summed E-state index contributed by atoms with van der Waals surface area (Å²) in [6.07, 6.45) is 26.1. The Morgan fingerprint density at radius 2 is 1.03 bits per heavy atom. The van der Waals surface area contributed by atoms with Crippen molar-refractivity contribution in [3.05, 3.63) is 35.4 Å². The molecule has 0 heteroatoms.